The zero-order valence-electron chi connectivity index (χ0n) is 22.4. The van der Waals surface area contributed by atoms with E-state index >= 15 is 4.39 Å². The molecule has 0 aliphatic carbocycles. The Morgan fingerprint density at radius 3 is 2.88 bits per heavy atom. The second-order valence-electron chi connectivity index (χ2n) is 9.56. The maximum Gasteiger partial charge on any atom is 0.309 e. The van der Waals surface area contributed by atoms with E-state index in [0.717, 1.165) is 0 Å². The van der Waals surface area contributed by atoms with E-state index in [1.807, 2.05) is 0 Å². The highest BCUT2D eigenvalue weighted by atomic mass is 35.5. The molecule has 2 bridgehead atoms. The number of hydrogen-bond acceptors (Lipinski definition) is 8. The van der Waals surface area contributed by atoms with E-state index in [9.17, 15) is 14.4 Å². The highest BCUT2D eigenvalue weighted by molar-refractivity contribution is 6.30. The Kier molecular flexibility index (Phi) is 8.67. The minimum Gasteiger partial charge on any atom is -0.469 e. The molecule has 1 aliphatic rings. The Balaban J connectivity index is 1.42. The summed E-state index contributed by atoms with van der Waals surface area (Å²) in [5.41, 5.74) is 2.43. The molecule has 12 nitrogen and oxygen atoms in total. The fraction of sp³-hybridized carbons (Fsp3) is 0.250. The Hall–Kier alpha value is -4.91. The first-order valence-corrected chi connectivity index (χ1v) is 13.5. The Morgan fingerprint density at radius 1 is 1.24 bits per heavy atom. The van der Waals surface area contributed by atoms with Crippen LogP contribution in [0.1, 0.15) is 48.7 Å². The number of nitrogens with zero attached hydrogens (tertiary/aromatic N) is 5. The van der Waals surface area contributed by atoms with E-state index in [1.54, 1.807) is 42.5 Å². The van der Waals surface area contributed by atoms with E-state index in [0.29, 0.717) is 52.4 Å². The number of anilines is 1. The number of halogens is 2. The van der Waals surface area contributed by atoms with Gasteiger partial charge < -0.3 is 20.4 Å². The molecule has 216 valence electrons. The lowest BCUT2D eigenvalue weighted by Gasteiger charge is -2.17. The number of carbonyl (C=O) groups excluding carboxylic acids is 3. The van der Waals surface area contributed by atoms with Gasteiger partial charge in [-0.1, -0.05) is 30.2 Å². The van der Waals surface area contributed by atoms with Crippen LogP contribution in [0.25, 0.3) is 23.0 Å². The van der Waals surface area contributed by atoms with Gasteiger partial charge in [0.25, 0.3) is 0 Å². The van der Waals surface area contributed by atoms with E-state index in [-0.39, 0.29) is 30.3 Å². The van der Waals surface area contributed by atoms with Gasteiger partial charge in [-0.2, -0.15) is 9.07 Å². The fourth-order valence-electron chi connectivity index (χ4n) is 4.61. The summed E-state index contributed by atoms with van der Waals surface area (Å²) in [7, 11) is 1.29. The maximum atomic E-state index is 15.3. The minimum absolute atomic E-state index is 0.0119. The SMILES string of the molecule is COC(=O)Cc1ccc2c(c1)NC(=O)CCCC[C@H](NC(=O)/C=C/c1cc(Cl)ccc1-n1cnnn1)c1nc-2c(F)[nH]1. The van der Waals surface area contributed by atoms with Crippen LogP contribution < -0.4 is 10.6 Å². The van der Waals surface area contributed by atoms with E-state index in [1.165, 1.54) is 24.2 Å². The first-order valence-electron chi connectivity index (χ1n) is 13.1. The van der Waals surface area contributed by atoms with Crippen LogP contribution in [0.4, 0.5) is 10.1 Å². The summed E-state index contributed by atoms with van der Waals surface area (Å²) >= 11 is 6.17. The average Bonchev–Trinajstić information content (AvgIpc) is 3.63. The molecule has 2 aromatic carbocycles. The van der Waals surface area contributed by atoms with Gasteiger partial charge >= 0.3 is 5.97 Å². The Morgan fingerprint density at radius 2 is 2.10 bits per heavy atom. The van der Waals surface area contributed by atoms with Crippen LogP contribution in [0.2, 0.25) is 5.02 Å². The van der Waals surface area contributed by atoms with Crippen molar-refractivity contribution in [3.8, 4) is 16.9 Å². The molecule has 0 spiro atoms. The average molecular weight is 593 g/mol. The predicted octanol–water partition coefficient (Wildman–Crippen LogP) is 3.94. The number of methoxy groups -OCH3 is 1. The molecule has 3 heterocycles. The number of fused-ring (bicyclic) bond motifs is 4. The van der Waals surface area contributed by atoms with Crippen molar-refractivity contribution in [3.05, 3.63) is 76.7 Å². The molecular weight excluding hydrogens is 567 g/mol. The van der Waals surface area contributed by atoms with Crippen LogP contribution in [0.3, 0.4) is 0 Å². The van der Waals surface area contributed by atoms with Crippen molar-refractivity contribution in [1.82, 2.24) is 35.5 Å². The summed E-state index contributed by atoms with van der Waals surface area (Å²) in [5, 5.41) is 17.3. The Bertz CT molecular complexity index is 1650. The molecule has 0 radical (unpaired) electrons. The molecule has 0 saturated heterocycles. The summed E-state index contributed by atoms with van der Waals surface area (Å²) in [6.45, 7) is 0. The lowest BCUT2D eigenvalue weighted by atomic mass is 10.0. The zero-order chi connectivity index (χ0) is 29.6. The summed E-state index contributed by atoms with van der Waals surface area (Å²) in [4.78, 5) is 44.6. The van der Waals surface area contributed by atoms with Crippen LogP contribution in [-0.4, -0.2) is 55.1 Å². The number of esters is 1. The number of nitrogens with one attached hydrogen (secondary N) is 3. The third-order valence-corrected chi connectivity index (χ3v) is 6.90. The highest BCUT2D eigenvalue weighted by Crippen LogP contribution is 2.33. The first-order chi connectivity index (χ1) is 20.3. The van der Waals surface area contributed by atoms with E-state index < -0.39 is 23.9 Å². The van der Waals surface area contributed by atoms with E-state index in [4.69, 9.17) is 16.3 Å². The molecule has 4 aromatic rings. The molecule has 0 fully saturated rings. The number of benzene rings is 2. The Labute approximate surface area is 244 Å². The van der Waals surface area contributed by atoms with Crippen LogP contribution in [-0.2, 0) is 25.5 Å². The number of aromatic amines is 1. The molecule has 1 aliphatic heterocycles. The quantitative estimate of drug-likeness (QED) is 0.224. The molecule has 2 aromatic heterocycles. The van der Waals surface area contributed by atoms with Gasteiger partial charge in [0.2, 0.25) is 17.8 Å². The van der Waals surface area contributed by atoms with E-state index in [2.05, 4.69) is 36.1 Å². The second-order valence-corrected chi connectivity index (χ2v) is 10.00. The van der Waals surface area contributed by atoms with Gasteiger partial charge in [0.1, 0.15) is 17.8 Å². The summed E-state index contributed by atoms with van der Waals surface area (Å²) in [6, 6.07) is 9.26. The molecule has 42 heavy (non-hydrogen) atoms. The molecule has 1 atom stereocenters. The van der Waals surface area contributed by atoms with Gasteiger partial charge in [0, 0.05) is 28.6 Å². The molecule has 2 amide bonds. The summed E-state index contributed by atoms with van der Waals surface area (Å²) < 4.78 is 21.4. The van der Waals surface area contributed by atoms with Crippen molar-refractivity contribution < 1.29 is 23.5 Å². The number of hydrogen-bond donors (Lipinski definition) is 3. The van der Waals surface area contributed by atoms with Gasteiger partial charge in [0.05, 0.1) is 30.9 Å². The van der Waals surface area contributed by atoms with Crippen molar-refractivity contribution in [2.75, 3.05) is 12.4 Å². The van der Waals surface area contributed by atoms with Gasteiger partial charge in [-0.05, 0) is 59.2 Å². The number of aromatic nitrogens is 6. The minimum atomic E-state index is -0.722. The maximum absolute atomic E-state index is 15.3. The number of carbonyl (C=O) groups is 3. The van der Waals surface area contributed by atoms with Crippen LogP contribution in [0.5, 0.6) is 0 Å². The molecule has 14 heteroatoms. The van der Waals surface area contributed by atoms with Crippen molar-refractivity contribution in [3.63, 3.8) is 0 Å². The van der Waals surface area contributed by atoms with Crippen molar-refractivity contribution in [1.29, 1.82) is 0 Å². The first kappa shape index (κ1) is 28.6. The van der Waals surface area contributed by atoms with Crippen LogP contribution in [0, 0.1) is 5.95 Å². The van der Waals surface area contributed by atoms with Gasteiger partial charge in [-0.15, -0.1) is 5.10 Å². The number of H-pyrrole nitrogens is 1. The lowest BCUT2D eigenvalue weighted by Crippen LogP contribution is -2.28. The number of imidazole rings is 1. The topological polar surface area (TPSA) is 157 Å². The lowest BCUT2D eigenvalue weighted by molar-refractivity contribution is -0.139. The molecular formula is C28H26ClFN8O4. The molecule has 5 rings (SSSR count). The number of tetrazole rings is 1. The highest BCUT2D eigenvalue weighted by Gasteiger charge is 2.24. The largest absolute Gasteiger partial charge is 0.469 e. The fourth-order valence-corrected chi connectivity index (χ4v) is 4.79. The number of ether oxygens (including phenoxy) is 1. The normalized spacial score (nSPS) is 15.3. The predicted molar refractivity (Wildman–Crippen MR) is 151 cm³/mol. The molecule has 3 N–H and O–H groups in total. The monoisotopic (exact) mass is 592 g/mol. The van der Waals surface area contributed by atoms with Gasteiger partial charge in [-0.25, -0.2) is 4.98 Å². The van der Waals surface area contributed by atoms with Gasteiger partial charge in [0.15, 0.2) is 0 Å². The van der Waals surface area contributed by atoms with Crippen molar-refractivity contribution in [2.45, 2.75) is 38.1 Å². The second kappa shape index (κ2) is 12.7. The van der Waals surface area contributed by atoms with Gasteiger partial charge in [-0.3, -0.25) is 14.4 Å². The zero-order valence-corrected chi connectivity index (χ0v) is 23.2. The van der Waals surface area contributed by atoms with Crippen LogP contribution >= 0.6 is 11.6 Å². The smallest absolute Gasteiger partial charge is 0.309 e. The summed E-state index contributed by atoms with van der Waals surface area (Å²) in [5.74, 6) is -1.64. The third kappa shape index (κ3) is 6.69. The molecule has 0 saturated carbocycles. The molecule has 0 unspecified atom stereocenters. The van der Waals surface area contributed by atoms with Crippen LogP contribution in [0.15, 0.2) is 48.8 Å². The third-order valence-electron chi connectivity index (χ3n) is 6.66. The van der Waals surface area contributed by atoms with Crippen molar-refractivity contribution in [2.24, 2.45) is 0 Å². The summed E-state index contributed by atoms with van der Waals surface area (Å²) in [6.07, 6.45) is 6.05. The number of amides is 2. The number of rotatable bonds is 6. The van der Waals surface area contributed by atoms with Crippen molar-refractivity contribution >= 4 is 41.1 Å². The standard InChI is InChI=1S/C28H26ClFN8O4/c1-42-25(41)13-16-6-9-19-21(12-16)33-23(39)5-3-2-4-20(28-34-26(19)27(30)35-28)32-24(40)11-7-17-14-18(29)8-10-22(17)38-15-31-36-37-38/h6-12,14-15,20H,2-5,13H2,1H3,(H,32,40)(H,33,39)(H,34,35)/b11-7+/t20-/m0/s1.